The quantitative estimate of drug-likeness (QED) is 0.276. The molecule has 0 bridgehead atoms. The molecule has 0 spiro atoms. The molecule has 0 atom stereocenters. The third-order valence-electron chi connectivity index (χ3n) is 2.30. The Labute approximate surface area is 120 Å². The zero-order chi connectivity index (χ0) is 13.7. The van der Waals surface area contributed by atoms with E-state index in [4.69, 9.17) is 28.4 Å². The van der Waals surface area contributed by atoms with Gasteiger partial charge in [0.25, 0.3) is 0 Å². The number of azo groups is 1. The molecule has 4 nitrogen and oxygen atoms in total. The summed E-state index contributed by atoms with van der Waals surface area (Å²) in [6.45, 7) is 0. The van der Waals surface area contributed by atoms with Crippen LogP contribution in [0.5, 0.6) is 0 Å². The summed E-state index contributed by atoms with van der Waals surface area (Å²) in [6, 6.07) is 14.0. The molecule has 2 rings (SSSR count). The minimum atomic E-state index is -0.0422. The molecule has 96 valence electrons. The van der Waals surface area contributed by atoms with Gasteiger partial charge in [-0.25, -0.2) is 0 Å². The Morgan fingerprint density at radius 3 is 2.11 bits per heavy atom. The number of oxime groups is 1. The lowest BCUT2D eigenvalue weighted by molar-refractivity contribution is 0.318. The van der Waals surface area contributed by atoms with Gasteiger partial charge in [-0.2, -0.15) is 0 Å². The van der Waals surface area contributed by atoms with E-state index in [-0.39, 0.29) is 5.84 Å². The van der Waals surface area contributed by atoms with Crippen LogP contribution in [-0.2, 0) is 0 Å². The summed E-state index contributed by atoms with van der Waals surface area (Å²) in [5.74, 6) is -0.0422. The van der Waals surface area contributed by atoms with Crippen LogP contribution in [0.25, 0.3) is 0 Å². The fourth-order valence-electron chi connectivity index (χ4n) is 1.43. The van der Waals surface area contributed by atoms with E-state index in [1.165, 1.54) is 0 Å². The van der Waals surface area contributed by atoms with E-state index < -0.39 is 0 Å². The molecular weight excluding hydrogens is 285 g/mol. The number of amidine groups is 1. The molecule has 2 aromatic carbocycles. The predicted octanol–water partition coefficient (Wildman–Crippen LogP) is 4.91. The van der Waals surface area contributed by atoms with Gasteiger partial charge in [0.05, 0.1) is 21.3 Å². The van der Waals surface area contributed by atoms with Crippen molar-refractivity contribution in [2.45, 2.75) is 0 Å². The Hall–Kier alpha value is -1.91. The Morgan fingerprint density at radius 1 is 0.895 bits per heavy atom. The first kappa shape index (κ1) is 13.5. The molecule has 0 aliphatic rings. The molecule has 0 aliphatic heterocycles. The van der Waals surface area contributed by atoms with Crippen LogP contribution in [0.4, 0.5) is 5.69 Å². The number of benzene rings is 2. The summed E-state index contributed by atoms with van der Waals surface area (Å²) >= 11 is 12.0. The molecule has 0 heterocycles. The summed E-state index contributed by atoms with van der Waals surface area (Å²) in [6.07, 6.45) is 0. The van der Waals surface area contributed by atoms with Crippen LogP contribution in [0.2, 0.25) is 10.0 Å². The van der Waals surface area contributed by atoms with E-state index in [1.54, 1.807) is 30.3 Å². The van der Waals surface area contributed by atoms with E-state index >= 15 is 0 Å². The molecule has 0 unspecified atom stereocenters. The van der Waals surface area contributed by atoms with Crippen LogP contribution in [0, 0.1) is 0 Å². The van der Waals surface area contributed by atoms with Gasteiger partial charge in [-0.3, -0.25) is 0 Å². The normalized spacial score (nSPS) is 12.0. The maximum atomic E-state index is 9.02. The van der Waals surface area contributed by atoms with E-state index in [0.717, 1.165) is 0 Å². The van der Waals surface area contributed by atoms with Crippen molar-refractivity contribution in [2.75, 3.05) is 0 Å². The van der Waals surface area contributed by atoms with Gasteiger partial charge in [0.15, 0.2) is 0 Å². The second-order valence-electron chi connectivity index (χ2n) is 3.56. The summed E-state index contributed by atoms with van der Waals surface area (Å²) in [4.78, 5) is 0. The first-order valence-electron chi connectivity index (χ1n) is 5.35. The highest BCUT2D eigenvalue weighted by Crippen LogP contribution is 2.26. The van der Waals surface area contributed by atoms with Crippen molar-refractivity contribution in [3.05, 3.63) is 64.1 Å². The van der Waals surface area contributed by atoms with Gasteiger partial charge < -0.3 is 5.21 Å². The van der Waals surface area contributed by atoms with Crippen LogP contribution in [-0.4, -0.2) is 11.0 Å². The molecule has 0 fully saturated rings. The smallest absolute Gasteiger partial charge is 0.222 e. The van der Waals surface area contributed by atoms with Crippen molar-refractivity contribution in [1.29, 1.82) is 0 Å². The highest BCUT2D eigenvalue weighted by atomic mass is 35.5. The fourth-order valence-corrected chi connectivity index (χ4v) is 2.00. The largest absolute Gasteiger partial charge is 0.409 e. The van der Waals surface area contributed by atoms with Gasteiger partial charge in [0.1, 0.15) is 0 Å². The van der Waals surface area contributed by atoms with E-state index in [0.29, 0.717) is 21.3 Å². The number of rotatable bonds is 2. The van der Waals surface area contributed by atoms with Crippen LogP contribution >= 0.6 is 23.2 Å². The van der Waals surface area contributed by atoms with Crippen molar-refractivity contribution >= 4 is 34.7 Å². The first-order chi connectivity index (χ1) is 9.22. The molecule has 19 heavy (non-hydrogen) atoms. The lowest BCUT2D eigenvalue weighted by atomic mass is 10.2. The molecular formula is C13H9Cl2N3O. The lowest BCUT2D eigenvalue weighted by Gasteiger charge is -2.03. The minimum absolute atomic E-state index is 0.0422. The molecule has 0 saturated carbocycles. The Kier molecular flexibility index (Phi) is 4.49. The van der Waals surface area contributed by atoms with Gasteiger partial charge in [0, 0.05) is 0 Å². The number of hydrogen-bond acceptors (Lipinski definition) is 3. The van der Waals surface area contributed by atoms with Crippen molar-refractivity contribution in [2.24, 2.45) is 15.4 Å². The third kappa shape index (κ3) is 3.30. The average Bonchev–Trinajstić information content (AvgIpc) is 2.43. The Bertz CT molecular complexity index is 607. The highest BCUT2D eigenvalue weighted by Gasteiger charge is 2.12. The molecule has 1 N–H and O–H groups in total. The lowest BCUT2D eigenvalue weighted by Crippen LogP contribution is -1.98. The average molecular weight is 294 g/mol. The van der Waals surface area contributed by atoms with E-state index in [2.05, 4.69) is 15.4 Å². The second kappa shape index (κ2) is 6.31. The predicted molar refractivity (Wildman–Crippen MR) is 75.7 cm³/mol. The van der Waals surface area contributed by atoms with Crippen LogP contribution < -0.4 is 0 Å². The van der Waals surface area contributed by atoms with Gasteiger partial charge in [-0.05, 0) is 24.3 Å². The zero-order valence-electron chi connectivity index (χ0n) is 9.66. The summed E-state index contributed by atoms with van der Waals surface area (Å²) in [5.41, 5.74) is 0.972. The third-order valence-corrected chi connectivity index (χ3v) is 2.93. The minimum Gasteiger partial charge on any atom is -0.409 e. The maximum Gasteiger partial charge on any atom is 0.222 e. The topological polar surface area (TPSA) is 57.3 Å². The van der Waals surface area contributed by atoms with Crippen molar-refractivity contribution in [3.63, 3.8) is 0 Å². The summed E-state index contributed by atoms with van der Waals surface area (Å²) < 4.78 is 0. The van der Waals surface area contributed by atoms with E-state index in [9.17, 15) is 0 Å². The van der Waals surface area contributed by atoms with E-state index in [1.807, 2.05) is 18.2 Å². The van der Waals surface area contributed by atoms with Crippen LogP contribution in [0.1, 0.15) is 5.56 Å². The molecule has 6 heteroatoms. The first-order valence-corrected chi connectivity index (χ1v) is 6.11. The molecule has 0 saturated heterocycles. The number of hydrogen-bond donors (Lipinski definition) is 1. The van der Waals surface area contributed by atoms with Crippen molar-refractivity contribution in [1.82, 2.24) is 0 Å². The van der Waals surface area contributed by atoms with Crippen molar-refractivity contribution in [3.8, 4) is 0 Å². The Balaban J connectivity index is 2.35. The summed E-state index contributed by atoms with van der Waals surface area (Å²) in [5, 5.41) is 20.6. The van der Waals surface area contributed by atoms with Gasteiger partial charge in [-0.1, -0.05) is 52.6 Å². The SMILES string of the molecule is ON=C(N=Nc1ccccc1)c1c(Cl)cccc1Cl. The van der Waals surface area contributed by atoms with Gasteiger partial charge >= 0.3 is 0 Å². The van der Waals surface area contributed by atoms with Gasteiger partial charge in [-0.15, -0.1) is 10.2 Å². The van der Waals surface area contributed by atoms with Gasteiger partial charge in [0.2, 0.25) is 5.84 Å². The molecule has 0 radical (unpaired) electrons. The van der Waals surface area contributed by atoms with Crippen LogP contribution in [0.15, 0.2) is 63.9 Å². The Morgan fingerprint density at radius 2 is 1.53 bits per heavy atom. The fraction of sp³-hybridized carbons (Fsp3) is 0. The highest BCUT2D eigenvalue weighted by molar-refractivity contribution is 6.40. The zero-order valence-corrected chi connectivity index (χ0v) is 11.2. The molecule has 0 amide bonds. The maximum absolute atomic E-state index is 9.02. The molecule has 2 aromatic rings. The number of halogens is 2. The molecule has 0 aliphatic carbocycles. The van der Waals surface area contributed by atoms with Crippen molar-refractivity contribution < 1.29 is 5.21 Å². The number of nitrogens with zero attached hydrogens (tertiary/aromatic N) is 3. The monoisotopic (exact) mass is 293 g/mol. The van der Waals surface area contributed by atoms with Crippen LogP contribution in [0.3, 0.4) is 0 Å². The molecule has 0 aromatic heterocycles. The second-order valence-corrected chi connectivity index (χ2v) is 4.37. The standard InChI is InChI=1S/C13H9Cl2N3O/c14-10-7-4-8-11(15)12(10)13(18-19)17-16-9-5-2-1-3-6-9/h1-8,19H. The summed E-state index contributed by atoms with van der Waals surface area (Å²) in [7, 11) is 0.